The van der Waals surface area contributed by atoms with Gasteiger partial charge in [-0.1, -0.05) is 0 Å². The molecule has 0 saturated carbocycles. The molecule has 0 aromatic heterocycles. The first-order valence-electron chi connectivity index (χ1n) is 3.85. The fraction of sp³-hybridized carbons (Fsp3) is 0.857. The third-order valence-electron chi connectivity index (χ3n) is 1.44. The summed E-state index contributed by atoms with van der Waals surface area (Å²) in [5.74, 6) is 1.04. The maximum atomic E-state index is 10.6. The van der Waals surface area contributed by atoms with Gasteiger partial charge in [0.05, 0.1) is 0 Å². The van der Waals surface area contributed by atoms with Crippen LogP contribution in [0.4, 0.5) is 0 Å². The molecule has 0 amide bonds. The molecule has 13 heavy (non-hydrogen) atoms. The molecule has 0 fully saturated rings. The van der Waals surface area contributed by atoms with E-state index in [1.54, 1.807) is 0 Å². The van der Waals surface area contributed by atoms with Crippen molar-refractivity contribution in [2.75, 3.05) is 13.2 Å². The number of rotatable bonds is 7. The van der Waals surface area contributed by atoms with Gasteiger partial charge in [0.2, 0.25) is 0 Å². The van der Waals surface area contributed by atoms with Crippen molar-refractivity contribution in [2.24, 2.45) is 0 Å². The van der Waals surface area contributed by atoms with Crippen LogP contribution in [0.5, 0.6) is 0 Å². The van der Waals surface area contributed by atoms with Crippen LogP contribution in [0.3, 0.4) is 0 Å². The maximum absolute atomic E-state index is 10.6. The summed E-state index contributed by atoms with van der Waals surface area (Å²) in [5.41, 5.74) is 0. The van der Waals surface area contributed by atoms with Gasteiger partial charge in [0.15, 0.2) is 0 Å². The second kappa shape index (κ2) is 7.29. The van der Waals surface area contributed by atoms with Crippen LogP contribution in [0.25, 0.3) is 0 Å². The molecule has 0 radical (unpaired) electrons. The molecule has 6 heteroatoms. The molecular formula is C7H15NO4Se. The van der Waals surface area contributed by atoms with Crippen LogP contribution < -0.4 is 5.32 Å². The summed E-state index contributed by atoms with van der Waals surface area (Å²) in [4.78, 5) is 10.6. The van der Waals surface area contributed by atoms with Gasteiger partial charge in [0, 0.05) is 0 Å². The van der Waals surface area contributed by atoms with Crippen LogP contribution in [-0.4, -0.2) is 61.5 Å². The van der Waals surface area contributed by atoms with E-state index in [1.165, 1.54) is 0 Å². The Balaban J connectivity index is 3.75. The molecule has 0 aliphatic rings. The number of nitrogens with one attached hydrogen (secondary N) is 1. The summed E-state index contributed by atoms with van der Waals surface area (Å²) in [6.07, 6.45) is -0.883. The predicted molar refractivity (Wildman–Crippen MR) is 48.9 cm³/mol. The number of carbonyl (C=O) groups is 1. The van der Waals surface area contributed by atoms with Crippen molar-refractivity contribution < 1.29 is 20.1 Å². The molecule has 0 bridgehead atoms. The Labute approximate surface area is 83.3 Å². The molecular weight excluding hydrogens is 241 g/mol. The fourth-order valence-electron chi connectivity index (χ4n) is 0.727. The van der Waals surface area contributed by atoms with Crippen LogP contribution >= 0.6 is 0 Å². The van der Waals surface area contributed by atoms with Crippen molar-refractivity contribution in [3.05, 3.63) is 0 Å². The van der Waals surface area contributed by atoms with Crippen LogP contribution in [0, 0.1) is 0 Å². The Bertz CT molecular complexity index is 155. The SMILES string of the molecule is C[Se]C[C@H](NCC(O)CO)C(=O)O. The van der Waals surface area contributed by atoms with Gasteiger partial charge in [-0.3, -0.25) is 0 Å². The Morgan fingerprint density at radius 1 is 1.62 bits per heavy atom. The molecule has 2 atom stereocenters. The van der Waals surface area contributed by atoms with E-state index in [9.17, 15) is 4.79 Å². The van der Waals surface area contributed by atoms with E-state index in [1.807, 2.05) is 5.82 Å². The first-order valence-corrected chi connectivity index (χ1v) is 6.78. The average molecular weight is 256 g/mol. The Kier molecular flexibility index (Phi) is 7.22. The van der Waals surface area contributed by atoms with E-state index in [2.05, 4.69) is 5.32 Å². The molecule has 5 nitrogen and oxygen atoms in total. The minimum atomic E-state index is -0.908. The van der Waals surface area contributed by atoms with Gasteiger partial charge in [0.25, 0.3) is 0 Å². The quantitative estimate of drug-likeness (QED) is 0.419. The van der Waals surface area contributed by atoms with Crippen molar-refractivity contribution in [1.29, 1.82) is 0 Å². The zero-order chi connectivity index (χ0) is 10.3. The van der Waals surface area contributed by atoms with Crippen LogP contribution in [0.1, 0.15) is 0 Å². The Hall–Kier alpha value is -0.131. The van der Waals surface area contributed by atoms with E-state index >= 15 is 0 Å². The van der Waals surface area contributed by atoms with Gasteiger partial charge >= 0.3 is 82.8 Å². The number of aliphatic hydroxyl groups is 2. The van der Waals surface area contributed by atoms with E-state index in [0.29, 0.717) is 5.32 Å². The van der Waals surface area contributed by atoms with Gasteiger partial charge in [-0.05, 0) is 0 Å². The number of carboxylic acids is 1. The van der Waals surface area contributed by atoms with Crippen molar-refractivity contribution in [3.63, 3.8) is 0 Å². The zero-order valence-corrected chi connectivity index (χ0v) is 9.15. The number of aliphatic carboxylic acids is 1. The van der Waals surface area contributed by atoms with Gasteiger partial charge in [0.1, 0.15) is 0 Å². The summed E-state index contributed by atoms with van der Waals surface area (Å²) in [5, 5.41) is 29.4. The third-order valence-corrected chi connectivity index (χ3v) is 2.84. The van der Waals surface area contributed by atoms with E-state index in [-0.39, 0.29) is 28.1 Å². The molecule has 78 valence electrons. The molecule has 1 unspecified atom stereocenters. The molecule has 0 heterocycles. The van der Waals surface area contributed by atoms with Crippen molar-refractivity contribution in [3.8, 4) is 0 Å². The third kappa shape index (κ3) is 6.01. The average Bonchev–Trinajstić information content (AvgIpc) is 2.11. The van der Waals surface area contributed by atoms with Gasteiger partial charge in [-0.25, -0.2) is 0 Å². The summed E-state index contributed by atoms with van der Waals surface area (Å²) in [7, 11) is 0. The molecule has 0 aliphatic heterocycles. The summed E-state index contributed by atoms with van der Waals surface area (Å²) in [6.45, 7) is -0.236. The monoisotopic (exact) mass is 257 g/mol. The van der Waals surface area contributed by atoms with Crippen molar-refractivity contribution in [2.45, 2.75) is 23.3 Å². The molecule has 0 aliphatic carbocycles. The molecule has 0 saturated heterocycles. The second-order valence-electron chi connectivity index (χ2n) is 2.59. The van der Waals surface area contributed by atoms with E-state index in [4.69, 9.17) is 15.3 Å². The fourth-order valence-corrected chi connectivity index (χ4v) is 1.97. The molecule has 0 rings (SSSR count). The number of aliphatic hydroxyl groups excluding tert-OH is 2. The Morgan fingerprint density at radius 2 is 2.23 bits per heavy atom. The standard InChI is InChI=1S/C7H15NO4Se/c1-13-4-6(7(11)12)8-2-5(10)3-9/h5-6,8-10H,2-4H2,1H3,(H,11,12)/t5?,6-/m0/s1. The van der Waals surface area contributed by atoms with Crippen LogP contribution in [-0.2, 0) is 4.79 Å². The van der Waals surface area contributed by atoms with Gasteiger partial charge < -0.3 is 0 Å². The minimum absolute atomic E-state index is 0.115. The van der Waals surface area contributed by atoms with Gasteiger partial charge in [-0.2, -0.15) is 0 Å². The summed E-state index contributed by atoms with van der Waals surface area (Å²) >= 11 is 0.278. The van der Waals surface area contributed by atoms with E-state index in [0.717, 1.165) is 0 Å². The van der Waals surface area contributed by atoms with Crippen LogP contribution in [0.15, 0.2) is 0 Å². The number of hydrogen-bond donors (Lipinski definition) is 4. The molecule has 0 aromatic carbocycles. The van der Waals surface area contributed by atoms with Crippen LogP contribution in [0.2, 0.25) is 11.1 Å². The number of hydrogen-bond acceptors (Lipinski definition) is 4. The topological polar surface area (TPSA) is 89.8 Å². The van der Waals surface area contributed by atoms with Gasteiger partial charge in [-0.15, -0.1) is 0 Å². The van der Waals surface area contributed by atoms with E-state index < -0.39 is 18.1 Å². The van der Waals surface area contributed by atoms with Crippen molar-refractivity contribution >= 4 is 20.9 Å². The van der Waals surface area contributed by atoms with Crippen molar-refractivity contribution in [1.82, 2.24) is 5.32 Å². The predicted octanol–water partition coefficient (Wildman–Crippen LogP) is -1.45. The molecule has 0 spiro atoms. The number of carboxylic acid groups (broad SMARTS) is 1. The summed E-state index contributed by atoms with van der Waals surface area (Å²) in [6, 6.07) is -0.605. The molecule has 4 N–H and O–H groups in total. The second-order valence-corrected chi connectivity index (χ2v) is 4.50. The Morgan fingerprint density at radius 3 is 2.62 bits per heavy atom. The first-order chi connectivity index (χ1) is 6.11. The normalized spacial score (nSPS) is 15.3. The first kappa shape index (κ1) is 12.9. The zero-order valence-electron chi connectivity index (χ0n) is 7.43. The molecule has 0 aromatic rings. The summed E-state index contributed by atoms with van der Waals surface area (Å²) < 4.78 is 0.